The molecule has 3 rings (SSSR count). The van der Waals surface area contributed by atoms with E-state index >= 15 is 0 Å². The predicted molar refractivity (Wildman–Crippen MR) is 83.0 cm³/mol. The maximum absolute atomic E-state index is 5.97. The van der Waals surface area contributed by atoms with Gasteiger partial charge in [0.05, 0.1) is 12.7 Å². The predicted octanol–water partition coefficient (Wildman–Crippen LogP) is 3.05. The van der Waals surface area contributed by atoms with Crippen molar-refractivity contribution in [2.75, 3.05) is 13.1 Å². The van der Waals surface area contributed by atoms with Crippen LogP contribution in [0.25, 0.3) is 11.1 Å². The van der Waals surface area contributed by atoms with Crippen LogP contribution in [-0.4, -0.2) is 24.2 Å². The SMILES string of the molecule is Cl.c1cncc(-c2ccccc2CO[C@H]2CCNC2)c1. The van der Waals surface area contributed by atoms with Crippen molar-refractivity contribution in [2.45, 2.75) is 19.1 Å². The first-order valence-corrected chi connectivity index (χ1v) is 6.74. The van der Waals surface area contributed by atoms with Crippen LogP contribution in [0.5, 0.6) is 0 Å². The molecule has 106 valence electrons. The molecule has 2 aromatic rings. The molecule has 0 radical (unpaired) electrons. The monoisotopic (exact) mass is 290 g/mol. The highest BCUT2D eigenvalue weighted by molar-refractivity contribution is 5.85. The third kappa shape index (κ3) is 3.57. The number of halogens is 1. The highest BCUT2D eigenvalue weighted by Crippen LogP contribution is 2.23. The van der Waals surface area contributed by atoms with Crippen molar-refractivity contribution in [3.63, 3.8) is 0 Å². The van der Waals surface area contributed by atoms with Gasteiger partial charge in [-0.3, -0.25) is 4.98 Å². The molecule has 2 heterocycles. The number of pyridine rings is 1. The van der Waals surface area contributed by atoms with Crippen molar-refractivity contribution < 1.29 is 4.74 Å². The first kappa shape index (κ1) is 15.0. The minimum Gasteiger partial charge on any atom is -0.372 e. The minimum absolute atomic E-state index is 0. The quantitative estimate of drug-likeness (QED) is 0.940. The van der Waals surface area contributed by atoms with Gasteiger partial charge in [-0.15, -0.1) is 12.4 Å². The average Bonchev–Trinajstić information content (AvgIpc) is 3.00. The van der Waals surface area contributed by atoms with E-state index in [9.17, 15) is 0 Å². The summed E-state index contributed by atoms with van der Waals surface area (Å²) in [4.78, 5) is 4.19. The summed E-state index contributed by atoms with van der Waals surface area (Å²) in [7, 11) is 0. The highest BCUT2D eigenvalue weighted by Gasteiger charge is 2.15. The second kappa shape index (κ2) is 7.39. The summed E-state index contributed by atoms with van der Waals surface area (Å²) in [5, 5.41) is 3.32. The lowest BCUT2D eigenvalue weighted by molar-refractivity contribution is 0.0545. The summed E-state index contributed by atoms with van der Waals surface area (Å²) in [6.45, 7) is 2.70. The smallest absolute Gasteiger partial charge is 0.0727 e. The molecular weight excluding hydrogens is 272 g/mol. The molecule has 1 N–H and O–H groups in total. The van der Waals surface area contributed by atoms with Crippen LogP contribution in [0.1, 0.15) is 12.0 Å². The van der Waals surface area contributed by atoms with E-state index in [1.54, 1.807) is 6.20 Å². The van der Waals surface area contributed by atoms with Crippen molar-refractivity contribution >= 4 is 12.4 Å². The Bertz CT molecular complexity index is 527. The average molecular weight is 291 g/mol. The number of rotatable bonds is 4. The first-order chi connectivity index (χ1) is 9.43. The zero-order chi connectivity index (χ0) is 12.9. The summed E-state index contributed by atoms with van der Waals surface area (Å²) in [6, 6.07) is 12.4. The van der Waals surface area contributed by atoms with E-state index in [4.69, 9.17) is 4.74 Å². The van der Waals surface area contributed by atoms with Gasteiger partial charge < -0.3 is 10.1 Å². The Morgan fingerprint density at radius 1 is 1.20 bits per heavy atom. The van der Waals surface area contributed by atoms with Crippen molar-refractivity contribution in [3.05, 3.63) is 54.4 Å². The van der Waals surface area contributed by atoms with E-state index in [2.05, 4.69) is 40.6 Å². The molecule has 3 nitrogen and oxygen atoms in total. The normalized spacial score (nSPS) is 17.7. The van der Waals surface area contributed by atoms with E-state index < -0.39 is 0 Å². The summed E-state index contributed by atoms with van der Waals surface area (Å²) in [6.07, 6.45) is 5.15. The molecule has 0 amide bonds. The fourth-order valence-electron chi connectivity index (χ4n) is 2.43. The molecule has 4 heteroatoms. The van der Waals surface area contributed by atoms with Gasteiger partial charge in [-0.25, -0.2) is 0 Å². The number of nitrogens with one attached hydrogen (secondary N) is 1. The number of hydrogen-bond acceptors (Lipinski definition) is 3. The zero-order valence-electron chi connectivity index (χ0n) is 11.3. The van der Waals surface area contributed by atoms with E-state index in [0.717, 1.165) is 25.1 Å². The van der Waals surface area contributed by atoms with E-state index in [-0.39, 0.29) is 12.4 Å². The van der Waals surface area contributed by atoms with Gasteiger partial charge in [0.2, 0.25) is 0 Å². The Labute approximate surface area is 125 Å². The molecule has 1 atom stereocenters. The van der Waals surface area contributed by atoms with Crippen LogP contribution in [0, 0.1) is 0 Å². The Hall–Kier alpha value is -1.42. The van der Waals surface area contributed by atoms with E-state index in [0.29, 0.717) is 12.7 Å². The molecule has 1 saturated heterocycles. The van der Waals surface area contributed by atoms with Crippen LogP contribution in [0.2, 0.25) is 0 Å². The maximum Gasteiger partial charge on any atom is 0.0727 e. The zero-order valence-corrected chi connectivity index (χ0v) is 12.1. The number of benzene rings is 1. The topological polar surface area (TPSA) is 34.1 Å². The van der Waals surface area contributed by atoms with Gasteiger partial charge in [-0.2, -0.15) is 0 Å². The highest BCUT2D eigenvalue weighted by atomic mass is 35.5. The Morgan fingerprint density at radius 2 is 2.10 bits per heavy atom. The second-order valence-electron chi connectivity index (χ2n) is 4.82. The van der Waals surface area contributed by atoms with Crippen LogP contribution >= 0.6 is 12.4 Å². The van der Waals surface area contributed by atoms with Crippen LogP contribution in [0.4, 0.5) is 0 Å². The number of ether oxygens (including phenoxy) is 1. The van der Waals surface area contributed by atoms with Gasteiger partial charge in [0.25, 0.3) is 0 Å². The summed E-state index contributed by atoms with van der Waals surface area (Å²) in [5.41, 5.74) is 3.58. The number of aromatic nitrogens is 1. The summed E-state index contributed by atoms with van der Waals surface area (Å²) in [5.74, 6) is 0. The lowest BCUT2D eigenvalue weighted by Gasteiger charge is -2.13. The minimum atomic E-state index is 0. The maximum atomic E-state index is 5.97. The van der Waals surface area contributed by atoms with Gasteiger partial charge in [-0.05, 0) is 30.2 Å². The molecule has 0 spiro atoms. The molecule has 0 saturated carbocycles. The van der Waals surface area contributed by atoms with Gasteiger partial charge in [-0.1, -0.05) is 30.3 Å². The summed E-state index contributed by atoms with van der Waals surface area (Å²) >= 11 is 0. The standard InChI is InChI=1S/C16H18N2O.ClH/c1-2-6-16(13-5-3-8-17-10-13)14(4-1)12-19-15-7-9-18-11-15;/h1-6,8,10,15,18H,7,9,11-12H2;1H/t15-;/m0./s1. The van der Waals surface area contributed by atoms with Gasteiger partial charge in [0, 0.05) is 24.5 Å². The Morgan fingerprint density at radius 3 is 2.85 bits per heavy atom. The van der Waals surface area contributed by atoms with Crippen LogP contribution in [0.15, 0.2) is 48.8 Å². The second-order valence-corrected chi connectivity index (χ2v) is 4.82. The van der Waals surface area contributed by atoms with E-state index in [1.807, 2.05) is 12.3 Å². The molecule has 0 bridgehead atoms. The van der Waals surface area contributed by atoms with E-state index in [1.165, 1.54) is 11.1 Å². The molecular formula is C16H19ClN2O. The summed E-state index contributed by atoms with van der Waals surface area (Å²) < 4.78 is 5.97. The van der Waals surface area contributed by atoms with Crippen molar-refractivity contribution in [1.82, 2.24) is 10.3 Å². The molecule has 1 aromatic heterocycles. The first-order valence-electron chi connectivity index (χ1n) is 6.74. The Balaban J connectivity index is 0.00000147. The lowest BCUT2D eigenvalue weighted by atomic mass is 10.0. The number of hydrogen-bond donors (Lipinski definition) is 1. The third-order valence-corrected chi connectivity index (χ3v) is 3.48. The van der Waals surface area contributed by atoms with Gasteiger partial charge in [0.15, 0.2) is 0 Å². The third-order valence-electron chi connectivity index (χ3n) is 3.48. The molecule has 1 aromatic carbocycles. The van der Waals surface area contributed by atoms with Gasteiger partial charge in [0.1, 0.15) is 0 Å². The van der Waals surface area contributed by atoms with Crippen molar-refractivity contribution in [2.24, 2.45) is 0 Å². The Kier molecular flexibility index (Phi) is 5.53. The molecule has 1 aliphatic rings. The molecule has 0 unspecified atom stereocenters. The lowest BCUT2D eigenvalue weighted by Crippen LogP contribution is -2.16. The van der Waals surface area contributed by atoms with Crippen molar-refractivity contribution in [1.29, 1.82) is 0 Å². The van der Waals surface area contributed by atoms with Crippen LogP contribution < -0.4 is 5.32 Å². The molecule has 20 heavy (non-hydrogen) atoms. The fraction of sp³-hybridized carbons (Fsp3) is 0.312. The number of nitrogens with zero attached hydrogens (tertiary/aromatic N) is 1. The molecule has 0 aliphatic carbocycles. The fourth-order valence-corrected chi connectivity index (χ4v) is 2.43. The van der Waals surface area contributed by atoms with Crippen LogP contribution in [-0.2, 0) is 11.3 Å². The molecule has 1 fully saturated rings. The largest absolute Gasteiger partial charge is 0.372 e. The van der Waals surface area contributed by atoms with Gasteiger partial charge >= 0.3 is 0 Å². The molecule has 1 aliphatic heterocycles. The van der Waals surface area contributed by atoms with Crippen LogP contribution in [0.3, 0.4) is 0 Å². The van der Waals surface area contributed by atoms with Crippen molar-refractivity contribution in [3.8, 4) is 11.1 Å².